The molecular weight excluding hydrogens is 426 g/mol. The lowest BCUT2D eigenvalue weighted by Gasteiger charge is -2.36. The monoisotopic (exact) mass is 447 g/mol. The molecule has 1 atom stereocenters. The van der Waals surface area contributed by atoms with E-state index in [9.17, 15) is 18.0 Å². The fraction of sp³-hybridized carbons (Fsp3) is 0.526. The minimum Gasteiger partial charge on any atom is -0.444 e. The summed E-state index contributed by atoms with van der Waals surface area (Å²) < 4.78 is 63.0. The Hall–Kier alpha value is -2.43. The van der Waals surface area contributed by atoms with Gasteiger partial charge in [0, 0.05) is 6.54 Å². The molecule has 0 saturated carbocycles. The summed E-state index contributed by atoms with van der Waals surface area (Å²) in [5.41, 5.74) is -2.63. The van der Waals surface area contributed by atoms with Crippen LogP contribution in [0.15, 0.2) is 24.3 Å². The van der Waals surface area contributed by atoms with Crippen LogP contribution in [0.5, 0.6) is 5.75 Å². The number of para-hydroxylation sites is 1. The van der Waals surface area contributed by atoms with Crippen LogP contribution in [0.2, 0.25) is 0 Å². The first-order chi connectivity index (χ1) is 13.9. The van der Waals surface area contributed by atoms with Crippen molar-refractivity contribution in [1.82, 2.24) is 15.1 Å². The lowest BCUT2D eigenvalue weighted by molar-refractivity contribution is -0.274. The summed E-state index contributed by atoms with van der Waals surface area (Å²) >= 11 is 0.835. The van der Waals surface area contributed by atoms with Crippen molar-refractivity contribution < 1.29 is 31.8 Å². The summed E-state index contributed by atoms with van der Waals surface area (Å²) in [4.78, 5) is 13.6. The second-order valence-electron chi connectivity index (χ2n) is 7.93. The average molecular weight is 447 g/mol. The molecule has 1 unspecified atom stereocenters. The van der Waals surface area contributed by atoms with Gasteiger partial charge in [-0.15, -0.1) is 23.4 Å². The van der Waals surface area contributed by atoms with E-state index in [2.05, 4.69) is 14.9 Å². The fourth-order valence-electron chi connectivity index (χ4n) is 3.04. The molecule has 1 aliphatic heterocycles. The number of piperidine rings is 1. The highest BCUT2D eigenvalue weighted by atomic mass is 32.1. The third kappa shape index (κ3) is 5.38. The predicted octanol–water partition coefficient (Wildman–Crippen LogP) is 5.30. The molecule has 1 aromatic heterocycles. The van der Waals surface area contributed by atoms with Crippen molar-refractivity contribution in [2.45, 2.75) is 51.2 Å². The third-order valence-corrected chi connectivity index (χ3v) is 5.38. The molecule has 1 amide bonds. The Morgan fingerprint density at radius 1 is 1.20 bits per heavy atom. The number of likely N-dealkylation sites (tertiary alicyclic amines) is 1. The van der Waals surface area contributed by atoms with Crippen LogP contribution in [-0.2, 0) is 10.4 Å². The first kappa shape index (κ1) is 22.3. The van der Waals surface area contributed by atoms with Crippen LogP contribution < -0.4 is 4.74 Å². The molecule has 0 spiro atoms. The van der Waals surface area contributed by atoms with Crippen molar-refractivity contribution in [1.29, 1.82) is 0 Å². The molecule has 164 valence electrons. The van der Waals surface area contributed by atoms with Crippen LogP contribution in [0.25, 0.3) is 10.6 Å². The van der Waals surface area contributed by atoms with Crippen LogP contribution in [0.3, 0.4) is 0 Å². The smallest absolute Gasteiger partial charge is 0.444 e. The number of halogens is 4. The SMILES string of the molecule is CC(C)(C)OC(=O)N1CCCC(F)(c2nnc(-c3ccccc3OC(F)(F)F)s2)C1. The number of amides is 1. The van der Waals surface area contributed by atoms with Crippen LogP contribution in [0, 0.1) is 0 Å². The molecule has 1 aromatic carbocycles. The van der Waals surface area contributed by atoms with Gasteiger partial charge in [-0.3, -0.25) is 0 Å². The molecular formula is C19H21F4N3O3S. The molecule has 0 radical (unpaired) electrons. The maximum absolute atomic E-state index is 15.7. The Morgan fingerprint density at radius 3 is 2.57 bits per heavy atom. The number of carbonyl (C=O) groups excluding carboxylic acids is 1. The molecule has 2 aromatic rings. The summed E-state index contributed by atoms with van der Waals surface area (Å²) in [5.74, 6) is -0.445. The van der Waals surface area contributed by atoms with Gasteiger partial charge in [-0.2, -0.15) is 0 Å². The molecule has 0 N–H and O–H groups in total. The van der Waals surface area contributed by atoms with E-state index < -0.39 is 29.5 Å². The molecule has 0 aliphatic carbocycles. The average Bonchev–Trinajstić information content (AvgIpc) is 3.10. The minimum absolute atomic E-state index is 0.00688. The molecule has 2 heterocycles. The highest BCUT2D eigenvalue weighted by Gasteiger charge is 2.43. The maximum Gasteiger partial charge on any atom is 0.573 e. The zero-order chi connectivity index (χ0) is 22.2. The normalized spacial score (nSPS) is 20.2. The van der Waals surface area contributed by atoms with Crippen molar-refractivity contribution in [3.05, 3.63) is 29.3 Å². The first-order valence-corrected chi connectivity index (χ1v) is 10.0. The van der Waals surface area contributed by atoms with E-state index in [1.54, 1.807) is 20.8 Å². The molecule has 1 saturated heterocycles. The maximum atomic E-state index is 15.7. The lowest BCUT2D eigenvalue weighted by atomic mass is 9.96. The zero-order valence-corrected chi connectivity index (χ0v) is 17.4. The van der Waals surface area contributed by atoms with Gasteiger partial charge in [0.1, 0.15) is 11.4 Å². The molecule has 1 fully saturated rings. The quantitative estimate of drug-likeness (QED) is 0.598. The van der Waals surface area contributed by atoms with E-state index in [1.807, 2.05) is 0 Å². The lowest BCUT2D eigenvalue weighted by Crippen LogP contribution is -2.48. The van der Waals surface area contributed by atoms with Gasteiger partial charge in [0.15, 0.2) is 15.7 Å². The largest absolute Gasteiger partial charge is 0.573 e. The van der Waals surface area contributed by atoms with E-state index >= 15 is 4.39 Å². The van der Waals surface area contributed by atoms with Crippen LogP contribution in [0.4, 0.5) is 22.4 Å². The van der Waals surface area contributed by atoms with Crippen LogP contribution in [-0.4, -0.2) is 46.2 Å². The first-order valence-electron chi connectivity index (χ1n) is 9.22. The van der Waals surface area contributed by atoms with Gasteiger partial charge in [0.2, 0.25) is 0 Å². The Labute approximate surface area is 174 Å². The number of hydrogen-bond donors (Lipinski definition) is 0. The van der Waals surface area contributed by atoms with Gasteiger partial charge in [-0.05, 0) is 45.7 Å². The van der Waals surface area contributed by atoms with Gasteiger partial charge >= 0.3 is 12.5 Å². The van der Waals surface area contributed by atoms with E-state index in [-0.39, 0.29) is 28.5 Å². The third-order valence-electron chi connectivity index (χ3n) is 4.25. The van der Waals surface area contributed by atoms with Gasteiger partial charge in [-0.25, -0.2) is 9.18 Å². The van der Waals surface area contributed by atoms with Crippen LogP contribution in [0.1, 0.15) is 38.6 Å². The second-order valence-corrected chi connectivity index (χ2v) is 8.90. The van der Waals surface area contributed by atoms with Crippen molar-refractivity contribution in [2.75, 3.05) is 13.1 Å². The fourth-order valence-corrected chi connectivity index (χ4v) is 4.01. The van der Waals surface area contributed by atoms with Gasteiger partial charge in [0.05, 0.1) is 12.1 Å². The Morgan fingerprint density at radius 2 is 1.90 bits per heavy atom. The van der Waals surface area contributed by atoms with E-state index in [0.717, 1.165) is 17.4 Å². The Bertz CT molecular complexity index is 913. The van der Waals surface area contributed by atoms with Gasteiger partial charge in [-0.1, -0.05) is 23.5 Å². The summed E-state index contributed by atoms with van der Waals surface area (Å²) in [6.07, 6.45) is -5.00. The number of nitrogens with zero attached hydrogens (tertiary/aromatic N) is 3. The Kier molecular flexibility index (Phi) is 5.94. The van der Waals surface area contributed by atoms with E-state index in [4.69, 9.17) is 4.74 Å². The molecule has 11 heteroatoms. The van der Waals surface area contributed by atoms with Crippen LogP contribution >= 0.6 is 11.3 Å². The number of hydrogen-bond acceptors (Lipinski definition) is 6. The number of alkyl halides is 4. The number of benzene rings is 1. The summed E-state index contributed by atoms with van der Waals surface area (Å²) in [6.45, 7) is 5.23. The zero-order valence-electron chi connectivity index (χ0n) is 16.6. The molecule has 0 bridgehead atoms. The summed E-state index contributed by atoms with van der Waals surface area (Å²) in [6, 6.07) is 5.46. The van der Waals surface area contributed by atoms with Gasteiger partial charge in [0.25, 0.3) is 0 Å². The predicted molar refractivity (Wildman–Crippen MR) is 102 cm³/mol. The van der Waals surface area contributed by atoms with Gasteiger partial charge < -0.3 is 14.4 Å². The number of aromatic nitrogens is 2. The highest BCUT2D eigenvalue weighted by Crippen LogP contribution is 2.41. The number of rotatable bonds is 3. The molecule has 3 rings (SSSR count). The molecule has 6 nitrogen and oxygen atoms in total. The van der Waals surface area contributed by atoms with Crippen molar-refractivity contribution in [2.24, 2.45) is 0 Å². The molecule has 1 aliphatic rings. The minimum atomic E-state index is -4.87. The topological polar surface area (TPSA) is 64.5 Å². The summed E-state index contributed by atoms with van der Waals surface area (Å²) in [5, 5.41) is 7.83. The summed E-state index contributed by atoms with van der Waals surface area (Å²) in [7, 11) is 0. The van der Waals surface area contributed by atoms with E-state index in [0.29, 0.717) is 13.0 Å². The Balaban J connectivity index is 1.83. The van der Waals surface area contributed by atoms with Crippen molar-refractivity contribution >= 4 is 17.4 Å². The second kappa shape index (κ2) is 8.01. The standard InChI is InChI=1S/C19H21F4N3O3S/c1-17(2,3)29-16(27)26-10-6-9-18(20,11-26)15-25-24-14(30-15)12-7-4-5-8-13(12)28-19(21,22)23/h4-5,7-8H,6,9-11H2,1-3H3. The van der Waals surface area contributed by atoms with Crippen molar-refractivity contribution in [3.63, 3.8) is 0 Å². The van der Waals surface area contributed by atoms with E-state index in [1.165, 1.54) is 23.1 Å². The molecule has 30 heavy (non-hydrogen) atoms. The number of carbonyl (C=O) groups is 1. The highest BCUT2D eigenvalue weighted by molar-refractivity contribution is 7.14. The van der Waals surface area contributed by atoms with Crippen molar-refractivity contribution in [3.8, 4) is 16.3 Å². The number of ether oxygens (including phenoxy) is 2.